The molecule has 1 aromatic carbocycles. The maximum Gasteiger partial charge on any atom is 0.142 e. The zero-order valence-electron chi connectivity index (χ0n) is 10.7. The minimum atomic E-state index is -0.117. The van der Waals surface area contributed by atoms with E-state index in [4.69, 9.17) is 15.2 Å². The second kappa shape index (κ2) is 4.45. The average molecular weight is 236 g/mol. The first-order valence-corrected chi connectivity index (χ1v) is 5.81. The molecule has 1 aromatic rings. The number of hydrogen-bond donors (Lipinski definition) is 1. The summed E-state index contributed by atoms with van der Waals surface area (Å²) >= 11 is 0. The van der Waals surface area contributed by atoms with Gasteiger partial charge in [0.05, 0.1) is 19.9 Å². The van der Waals surface area contributed by atoms with Crippen molar-refractivity contribution < 1.29 is 9.47 Å². The lowest BCUT2D eigenvalue weighted by molar-refractivity contribution is 0.403. The van der Waals surface area contributed by atoms with Crippen LogP contribution in [0.5, 0.6) is 11.5 Å². The Morgan fingerprint density at radius 2 is 2.06 bits per heavy atom. The first-order chi connectivity index (χ1) is 8.05. The molecule has 1 atom stereocenters. The third-order valence-corrected chi connectivity index (χ3v) is 3.23. The highest BCUT2D eigenvalue weighted by atomic mass is 16.5. The van der Waals surface area contributed by atoms with E-state index in [1.165, 1.54) is 0 Å². The highest BCUT2D eigenvalue weighted by Crippen LogP contribution is 2.35. The lowest BCUT2D eigenvalue weighted by Crippen LogP contribution is -2.39. The number of rotatable bonds is 3. The fourth-order valence-corrected chi connectivity index (χ4v) is 2.23. The molecule has 1 saturated heterocycles. The predicted molar refractivity (Wildman–Crippen MR) is 69.0 cm³/mol. The molecule has 2 N–H and O–H groups in total. The van der Waals surface area contributed by atoms with E-state index in [0.29, 0.717) is 0 Å². The van der Waals surface area contributed by atoms with Gasteiger partial charge in [-0.2, -0.15) is 0 Å². The van der Waals surface area contributed by atoms with E-state index >= 15 is 0 Å². The van der Waals surface area contributed by atoms with E-state index in [0.717, 1.165) is 36.7 Å². The molecule has 0 bridgehead atoms. The topological polar surface area (TPSA) is 47.7 Å². The second-order valence-corrected chi connectivity index (χ2v) is 4.86. The van der Waals surface area contributed by atoms with Crippen LogP contribution < -0.4 is 20.1 Å². The lowest BCUT2D eigenvalue weighted by Gasteiger charge is -2.23. The summed E-state index contributed by atoms with van der Waals surface area (Å²) in [6, 6.07) is 5.83. The van der Waals surface area contributed by atoms with Gasteiger partial charge in [0, 0.05) is 24.7 Å². The molecule has 17 heavy (non-hydrogen) atoms. The van der Waals surface area contributed by atoms with Crippen LogP contribution in [0.25, 0.3) is 0 Å². The van der Waals surface area contributed by atoms with E-state index < -0.39 is 0 Å². The third kappa shape index (κ3) is 2.47. The normalized spacial score (nSPS) is 23.9. The van der Waals surface area contributed by atoms with Gasteiger partial charge in [0.1, 0.15) is 11.5 Å². The molecule has 1 unspecified atom stereocenters. The Bertz CT molecular complexity index is 404. The second-order valence-electron chi connectivity index (χ2n) is 4.86. The van der Waals surface area contributed by atoms with Crippen LogP contribution >= 0.6 is 0 Å². The fourth-order valence-electron chi connectivity index (χ4n) is 2.23. The highest BCUT2D eigenvalue weighted by Gasteiger charge is 2.31. The summed E-state index contributed by atoms with van der Waals surface area (Å²) in [6.45, 7) is 3.88. The molecule has 1 fully saturated rings. The molecule has 2 rings (SSSR count). The van der Waals surface area contributed by atoms with Gasteiger partial charge in [0.15, 0.2) is 0 Å². The summed E-state index contributed by atoms with van der Waals surface area (Å²) in [6.07, 6.45) is 0.993. The summed E-state index contributed by atoms with van der Waals surface area (Å²) < 4.78 is 10.6. The smallest absolute Gasteiger partial charge is 0.142 e. The van der Waals surface area contributed by atoms with E-state index in [9.17, 15) is 0 Å². The van der Waals surface area contributed by atoms with Crippen molar-refractivity contribution in [3.8, 4) is 11.5 Å². The van der Waals surface area contributed by atoms with Gasteiger partial charge in [-0.05, 0) is 25.5 Å². The van der Waals surface area contributed by atoms with Crippen LogP contribution in [0.4, 0.5) is 5.69 Å². The summed E-state index contributed by atoms with van der Waals surface area (Å²) in [7, 11) is 3.35. The maximum atomic E-state index is 6.15. The van der Waals surface area contributed by atoms with Crippen LogP contribution in [-0.4, -0.2) is 32.8 Å². The number of benzene rings is 1. The van der Waals surface area contributed by atoms with Crippen LogP contribution in [0.1, 0.15) is 13.3 Å². The van der Waals surface area contributed by atoms with Crippen LogP contribution in [-0.2, 0) is 0 Å². The lowest BCUT2D eigenvalue weighted by atomic mass is 10.0. The highest BCUT2D eigenvalue weighted by molar-refractivity contribution is 5.62. The molecule has 94 valence electrons. The number of anilines is 1. The summed E-state index contributed by atoms with van der Waals surface area (Å²) in [5.41, 5.74) is 7.09. The molecule has 0 radical (unpaired) electrons. The van der Waals surface area contributed by atoms with Crippen molar-refractivity contribution in [1.82, 2.24) is 0 Å². The Morgan fingerprint density at radius 3 is 2.59 bits per heavy atom. The minimum absolute atomic E-state index is 0.117. The van der Waals surface area contributed by atoms with Gasteiger partial charge in [0.25, 0.3) is 0 Å². The molecule has 0 amide bonds. The number of nitrogens with two attached hydrogens (primary N) is 1. The van der Waals surface area contributed by atoms with Gasteiger partial charge in [-0.25, -0.2) is 0 Å². The van der Waals surface area contributed by atoms with E-state index in [-0.39, 0.29) is 5.54 Å². The minimum Gasteiger partial charge on any atom is -0.497 e. The molecule has 4 heteroatoms. The van der Waals surface area contributed by atoms with Crippen LogP contribution in [0.15, 0.2) is 18.2 Å². The molecule has 0 saturated carbocycles. The SMILES string of the molecule is COc1ccc(OC)c(N2CCC(C)(N)C2)c1. The standard InChI is InChI=1S/C13H20N2O2/c1-13(14)6-7-15(9-13)11-8-10(16-2)4-5-12(11)17-3/h4-5,8H,6-7,9,14H2,1-3H3. The Labute approximate surface area is 102 Å². The molecule has 1 aliphatic rings. The molecule has 4 nitrogen and oxygen atoms in total. The van der Waals surface area contributed by atoms with Crippen molar-refractivity contribution in [3.63, 3.8) is 0 Å². The summed E-state index contributed by atoms with van der Waals surface area (Å²) in [5.74, 6) is 1.70. The van der Waals surface area contributed by atoms with Crippen molar-refractivity contribution in [2.24, 2.45) is 5.73 Å². The maximum absolute atomic E-state index is 6.15. The fraction of sp³-hybridized carbons (Fsp3) is 0.538. The Kier molecular flexibility index (Phi) is 3.15. The van der Waals surface area contributed by atoms with Gasteiger partial charge in [-0.3, -0.25) is 0 Å². The van der Waals surface area contributed by atoms with Crippen molar-refractivity contribution in [2.75, 3.05) is 32.2 Å². The quantitative estimate of drug-likeness (QED) is 0.866. The van der Waals surface area contributed by atoms with E-state index in [1.54, 1.807) is 14.2 Å². The van der Waals surface area contributed by atoms with E-state index in [2.05, 4.69) is 11.8 Å². The van der Waals surface area contributed by atoms with Crippen LogP contribution in [0, 0.1) is 0 Å². The van der Waals surface area contributed by atoms with E-state index in [1.807, 2.05) is 18.2 Å². The Hall–Kier alpha value is -1.42. The zero-order chi connectivity index (χ0) is 12.5. The van der Waals surface area contributed by atoms with Gasteiger partial charge in [-0.1, -0.05) is 0 Å². The van der Waals surface area contributed by atoms with Gasteiger partial charge >= 0.3 is 0 Å². The summed E-state index contributed by atoms with van der Waals surface area (Å²) in [4.78, 5) is 2.25. The molecule has 0 aliphatic carbocycles. The third-order valence-electron chi connectivity index (χ3n) is 3.23. The molecule has 0 spiro atoms. The van der Waals surface area contributed by atoms with Crippen LogP contribution in [0.2, 0.25) is 0 Å². The number of ether oxygens (including phenoxy) is 2. The molecule has 1 heterocycles. The van der Waals surface area contributed by atoms with Gasteiger partial charge in [-0.15, -0.1) is 0 Å². The summed E-state index contributed by atoms with van der Waals surface area (Å²) in [5, 5.41) is 0. The first kappa shape index (κ1) is 12.0. The predicted octanol–water partition coefficient (Wildman–Crippen LogP) is 1.63. The first-order valence-electron chi connectivity index (χ1n) is 5.81. The monoisotopic (exact) mass is 236 g/mol. The Morgan fingerprint density at radius 1 is 1.29 bits per heavy atom. The van der Waals surface area contributed by atoms with Gasteiger partial charge in [0.2, 0.25) is 0 Å². The van der Waals surface area contributed by atoms with Gasteiger partial charge < -0.3 is 20.1 Å². The number of methoxy groups -OCH3 is 2. The Balaban J connectivity index is 2.30. The molecular formula is C13H20N2O2. The number of nitrogens with zero attached hydrogens (tertiary/aromatic N) is 1. The van der Waals surface area contributed by atoms with Crippen molar-refractivity contribution >= 4 is 5.69 Å². The number of hydrogen-bond acceptors (Lipinski definition) is 4. The zero-order valence-corrected chi connectivity index (χ0v) is 10.7. The van der Waals surface area contributed by atoms with Crippen molar-refractivity contribution in [3.05, 3.63) is 18.2 Å². The van der Waals surface area contributed by atoms with Crippen molar-refractivity contribution in [2.45, 2.75) is 18.9 Å². The van der Waals surface area contributed by atoms with Crippen LogP contribution in [0.3, 0.4) is 0 Å². The molecular weight excluding hydrogens is 216 g/mol. The molecule has 0 aromatic heterocycles. The largest absolute Gasteiger partial charge is 0.497 e. The molecule has 1 aliphatic heterocycles. The van der Waals surface area contributed by atoms with Crippen molar-refractivity contribution in [1.29, 1.82) is 0 Å². The average Bonchev–Trinajstić information content (AvgIpc) is 2.68.